The number of nitrogens with one attached hydrogen (secondary N) is 1. The predicted molar refractivity (Wildman–Crippen MR) is 74.5 cm³/mol. The first kappa shape index (κ1) is 14.9. The van der Waals surface area contributed by atoms with Crippen LogP contribution in [0.25, 0.3) is 0 Å². The van der Waals surface area contributed by atoms with Crippen LogP contribution in [0.2, 0.25) is 0 Å². The van der Waals surface area contributed by atoms with Gasteiger partial charge in [-0.3, -0.25) is 0 Å². The Labute approximate surface area is 117 Å². The van der Waals surface area contributed by atoms with Crippen molar-refractivity contribution in [3.8, 4) is 0 Å². The van der Waals surface area contributed by atoms with Gasteiger partial charge in [0.25, 0.3) is 0 Å². The first-order chi connectivity index (χ1) is 8.82. The Morgan fingerprint density at radius 2 is 2.16 bits per heavy atom. The zero-order valence-electron chi connectivity index (χ0n) is 10.2. The van der Waals surface area contributed by atoms with E-state index < -0.39 is 25.9 Å². The van der Waals surface area contributed by atoms with Gasteiger partial charge in [0.05, 0.1) is 11.5 Å². The maximum absolute atomic E-state index is 12.1. The normalized spacial score (nSPS) is 22.7. The smallest absolute Gasteiger partial charge is 0.250 e. The van der Waals surface area contributed by atoms with Gasteiger partial charge in [0.2, 0.25) is 10.0 Å². The molecule has 1 unspecified atom stereocenters. The minimum absolute atomic E-state index is 0.0447. The van der Waals surface area contributed by atoms with Crippen LogP contribution in [-0.4, -0.2) is 40.9 Å². The van der Waals surface area contributed by atoms with Crippen molar-refractivity contribution in [2.45, 2.75) is 23.1 Å². The summed E-state index contributed by atoms with van der Waals surface area (Å²) >= 11 is 1.17. The maximum atomic E-state index is 12.1. The average molecular weight is 324 g/mol. The highest BCUT2D eigenvalue weighted by molar-refractivity contribution is 7.92. The van der Waals surface area contributed by atoms with Gasteiger partial charge >= 0.3 is 0 Å². The molecule has 1 aromatic rings. The second-order valence-electron chi connectivity index (χ2n) is 4.48. The van der Waals surface area contributed by atoms with Crippen LogP contribution in [0.1, 0.15) is 11.3 Å². The number of sulfonamides is 1. The minimum Gasteiger partial charge on any atom is -0.330 e. The van der Waals surface area contributed by atoms with E-state index in [1.54, 1.807) is 6.07 Å². The van der Waals surface area contributed by atoms with E-state index in [0.717, 1.165) is 4.88 Å². The van der Waals surface area contributed by atoms with Crippen molar-refractivity contribution in [1.82, 2.24) is 4.72 Å². The summed E-state index contributed by atoms with van der Waals surface area (Å²) in [7, 11) is -6.72. The van der Waals surface area contributed by atoms with Crippen LogP contribution in [0.4, 0.5) is 0 Å². The summed E-state index contributed by atoms with van der Waals surface area (Å²) < 4.78 is 49.5. The molecule has 9 heteroatoms. The van der Waals surface area contributed by atoms with Crippen molar-refractivity contribution < 1.29 is 16.8 Å². The lowest BCUT2D eigenvalue weighted by Gasteiger charge is -2.09. The number of thiophene rings is 1. The van der Waals surface area contributed by atoms with Crippen molar-refractivity contribution in [2.75, 3.05) is 18.1 Å². The SMILES string of the molecule is NCCc1ccc(S(=O)(=O)NC2CCS(=O)(=O)C2)s1. The highest BCUT2D eigenvalue weighted by Crippen LogP contribution is 2.23. The zero-order valence-corrected chi connectivity index (χ0v) is 12.7. The molecule has 0 amide bonds. The van der Waals surface area contributed by atoms with Crippen molar-refractivity contribution in [2.24, 2.45) is 5.73 Å². The van der Waals surface area contributed by atoms with Gasteiger partial charge in [0, 0.05) is 10.9 Å². The first-order valence-electron chi connectivity index (χ1n) is 5.84. The summed E-state index contributed by atoms with van der Waals surface area (Å²) in [6.45, 7) is 0.467. The van der Waals surface area contributed by atoms with E-state index in [1.807, 2.05) is 0 Å². The molecule has 1 saturated heterocycles. The van der Waals surface area contributed by atoms with Crippen LogP contribution in [-0.2, 0) is 26.3 Å². The molecular formula is C10H16N2O4S3. The maximum Gasteiger partial charge on any atom is 0.250 e. The highest BCUT2D eigenvalue weighted by atomic mass is 32.2. The molecule has 6 nitrogen and oxygen atoms in total. The van der Waals surface area contributed by atoms with Gasteiger partial charge in [-0.25, -0.2) is 21.6 Å². The molecule has 0 saturated carbocycles. The van der Waals surface area contributed by atoms with Gasteiger partial charge in [-0.2, -0.15) is 0 Å². The van der Waals surface area contributed by atoms with Crippen LogP contribution in [0, 0.1) is 0 Å². The number of nitrogens with two attached hydrogens (primary N) is 1. The molecule has 1 atom stereocenters. The molecule has 19 heavy (non-hydrogen) atoms. The van der Waals surface area contributed by atoms with Gasteiger partial charge in [-0.15, -0.1) is 11.3 Å². The molecule has 0 aliphatic carbocycles. The molecule has 1 aliphatic rings. The molecule has 1 fully saturated rings. The Bertz CT molecular complexity index is 648. The van der Waals surface area contributed by atoms with Crippen molar-refractivity contribution >= 4 is 31.2 Å². The van der Waals surface area contributed by atoms with Crippen molar-refractivity contribution in [1.29, 1.82) is 0 Å². The van der Waals surface area contributed by atoms with E-state index in [2.05, 4.69) is 4.72 Å². The Morgan fingerprint density at radius 1 is 1.42 bits per heavy atom. The number of hydrogen-bond donors (Lipinski definition) is 2. The third-order valence-electron chi connectivity index (χ3n) is 2.85. The molecule has 2 heterocycles. The van der Waals surface area contributed by atoms with Gasteiger partial charge in [-0.1, -0.05) is 0 Å². The Kier molecular flexibility index (Phi) is 4.31. The van der Waals surface area contributed by atoms with E-state index >= 15 is 0 Å². The minimum atomic E-state index is -3.63. The summed E-state index contributed by atoms with van der Waals surface area (Å²) in [5.74, 6) is -0.0731. The summed E-state index contributed by atoms with van der Waals surface area (Å²) in [6.07, 6.45) is 0.973. The molecule has 0 bridgehead atoms. The summed E-state index contributed by atoms with van der Waals surface area (Å²) in [5.41, 5.74) is 5.42. The first-order valence-corrected chi connectivity index (χ1v) is 9.96. The van der Waals surface area contributed by atoms with Crippen LogP contribution in [0.15, 0.2) is 16.3 Å². The Morgan fingerprint density at radius 3 is 2.74 bits per heavy atom. The van der Waals surface area contributed by atoms with E-state index in [1.165, 1.54) is 17.4 Å². The number of sulfone groups is 1. The third kappa shape index (κ3) is 3.76. The predicted octanol–water partition coefficient (Wildman–Crippen LogP) is -0.285. The van der Waals surface area contributed by atoms with E-state index in [-0.39, 0.29) is 15.7 Å². The molecule has 108 valence electrons. The molecule has 1 aliphatic heterocycles. The molecule has 1 aromatic heterocycles. The zero-order chi connectivity index (χ0) is 14.1. The quantitative estimate of drug-likeness (QED) is 0.774. The van der Waals surface area contributed by atoms with Crippen molar-refractivity contribution in [3.63, 3.8) is 0 Å². The molecule has 3 N–H and O–H groups in total. The average Bonchev–Trinajstić information content (AvgIpc) is 2.86. The summed E-state index contributed by atoms with van der Waals surface area (Å²) in [5, 5.41) is 0. The molecule has 0 radical (unpaired) electrons. The summed E-state index contributed by atoms with van der Waals surface area (Å²) in [4.78, 5) is 0.905. The van der Waals surface area contributed by atoms with E-state index in [9.17, 15) is 16.8 Å². The van der Waals surface area contributed by atoms with Gasteiger partial charge < -0.3 is 5.73 Å². The van der Waals surface area contributed by atoms with Crippen molar-refractivity contribution in [3.05, 3.63) is 17.0 Å². The lowest BCUT2D eigenvalue weighted by Crippen LogP contribution is -2.35. The Balaban J connectivity index is 2.10. The van der Waals surface area contributed by atoms with E-state index in [4.69, 9.17) is 5.73 Å². The molecule has 0 spiro atoms. The van der Waals surface area contributed by atoms with Crippen LogP contribution in [0.3, 0.4) is 0 Å². The van der Waals surface area contributed by atoms with Gasteiger partial charge in [-0.05, 0) is 31.5 Å². The van der Waals surface area contributed by atoms with E-state index in [0.29, 0.717) is 19.4 Å². The lowest BCUT2D eigenvalue weighted by atomic mass is 10.3. The standard InChI is InChI=1S/C10H16N2O4S3/c11-5-3-9-1-2-10(17-9)19(15,16)12-8-4-6-18(13,14)7-8/h1-2,8,12H,3-7,11H2. The molecule has 0 aromatic carbocycles. The topological polar surface area (TPSA) is 106 Å². The fourth-order valence-corrected chi connectivity index (χ4v) is 6.38. The fourth-order valence-electron chi connectivity index (χ4n) is 1.94. The highest BCUT2D eigenvalue weighted by Gasteiger charge is 2.31. The second-order valence-corrected chi connectivity index (χ2v) is 9.82. The molecular weight excluding hydrogens is 308 g/mol. The number of rotatable bonds is 5. The Hall–Kier alpha value is -0.480. The van der Waals surface area contributed by atoms with Crippen LogP contribution < -0.4 is 10.5 Å². The van der Waals surface area contributed by atoms with Crippen LogP contribution >= 0.6 is 11.3 Å². The third-order valence-corrected chi connectivity index (χ3v) is 7.77. The van der Waals surface area contributed by atoms with Crippen LogP contribution in [0.5, 0.6) is 0 Å². The number of hydrogen-bond acceptors (Lipinski definition) is 6. The monoisotopic (exact) mass is 324 g/mol. The fraction of sp³-hybridized carbons (Fsp3) is 0.600. The summed E-state index contributed by atoms with van der Waals surface area (Å²) in [6, 6.07) is 2.74. The lowest BCUT2D eigenvalue weighted by molar-refractivity contribution is 0.564. The van der Waals surface area contributed by atoms with Gasteiger partial charge in [0.15, 0.2) is 9.84 Å². The van der Waals surface area contributed by atoms with Gasteiger partial charge in [0.1, 0.15) is 4.21 Å². The second kappa shape index (κ2) is 5.49. The largest absolute Gasteiger partial charge is 0.330 e. The molecule has 2 rings (SSSR count).